The van der Waals surface area contributed by atoms with Crippen LogP contribution in [0.25, 0.3) is 0 Å². The van der Waals surface area contributed by atoms with Crippen molar-refractivity contribution in [1.82, 2.24) is 10.6 Å². The van der Waals surface area contributed by atoms with E-state index in [1.807, 2.05) is 11.4 Å². The van der Waals surface area contributed by atoms with Gasteiger partial charge in [-0.2, -0.15) is 0 Å². The highest BCUT2D eigenvalue weighted by molar-refractivity contribution is 8.04. The minimum absolute atomic E-state index is 0.357. The number of cyclic esters (lactones) is 1. The Labute approximate surface area is 130 Å². The van der Waals surface area contributed by atoms with E-state index in [-0.39, 0.29) is 0 Å². The maximum atomic E-state index is 12.1. The second-order valence-corrected chi connectivity index (χ2v) is 4.92. The van der Waals surface area contributed by atoms with Crippen LogP contribution in [-0.4, -0.2) is 23.1 Å². The van der Waals surface area contributed by atoms with Gasteiger partial charge in [-0.05, 0) is 28.9 Å². The average Bonchev–Trinajstić information content (AvgIpc) is 2.49. The molecule has 0 bridgehead atoms. The molecule has 0 aromatic rings. The molecule has 0 saturated heterocycles. The number of thioether (sulfide) groups is 1. The summed E-state index contributed by atoms with van der Waals surface area (Å²) < 4.78 is 4.90. The molecule has 0 spiro atoms. The van der Waals surface area contributed by atoms with Crippen LogP contribution in [0.15, 0.2) is 58.3 Å². The van der Waals surface area contributed by atoms with E-state index in [1.54, 1.807) is 23.0 Å². The molecule has 1 heterocycles. The van der Waals surface area contributed by atoms with Crippen LogP contribution in [0.2, 0.25) is 0 Å². The van der Waals surface area contributed by atoms with E-state index >= 15 is 0 Å². The number of rotatable bonds is 1. The lowest BCUT2D eigenvalue weighted by atomic mass is 10.0. The number of fused-ring (bicyclic) bond motifs is 1. The van der Waals surface area contributed by atoms with Crippen molar-refractivity contribution < 1.29 is 24.2 Å². The Bertz CT molecular complexity index is 658. The molecule has 0 unspecified atom stereocenters. The van der Waals surface area contributed by atoms with Crippen molar-refractivity contribution in [1.29, 1.82) is 0 Å². The summed E-state index contributed by atoms with van der Waals surface area (Å²) in [5.74, 6) is -1.41. The smallest absolute Gasteiger partial charge is 0.409 e. The molecule has 1 aliphatic carbocycles. The molecule has 0 radical (unpaired) electrons. The van der Waals surface area contributed by atoms with Gasteiger partial charge < -0.3 is 15.2 Å². The molecule has 0 aromatic heterocycles. The van der Waals surface area contributed by atoms with Gasteiger partial charge in [0.05, 0.1) is 5.57 Å². The summed E-state index contributed by atoms with van der Waals surface area (Å²) in [6.45, 7) is 0. The van der Waals surface area contributed by atoms with E-state index in [0.29, 0.717) is 12.0 Å². The van der Waals surface area contributed by atoms with Crippen molar-refractivity contribution in [2.45, 2.75) is 6.42 Å². The largest absolute Gasteiger partial charge is 0.465 e. The number of nitrogens with one attached hydrogen (secondary N) is 2. The van der Waals surface area contributed by atoms with Gasteiger partial charge >= 0.3 is 12.1 Å². The van der Waals surface area contributed by atoms with Crippen LogP contribution in [0.5, 0.6) is 0 Å². The Hall–Kier alpha value is -2.74. The number of carbonyl (C=O) groups is 3. The highest BCUT2D eigenvalue weighted by Crippen LogP contribution is 2.24. The second kappa shape index (κ2) is 7.32. The normalized spacial score (nSPS) is 18.5. The summed E-state index contributed by atoms with van der Waals surface area (Å²) in [7, 11) is 0. The van der Waals surface area contributed by atoms with Crippen LogP contribution in [0, 0.1) is 0 Å². The Morgan fingerprint density at radius 3 is 3.00 bits per heavy atom. The molecule has 7 nitrogen and oxygen atoms in total. The molecule has 22 heavy (non-hydrogen) atoms. The van der Waals surface area contributed by atoms with E-state index < -0.39 is 23.7 Å². The minimum atomic E-state index is -1.44. The van der Waals surface area contributed by atoms with E-state index in [4.69, 9.17) is 9.84 Å². The van der Waals surface area contributed by atoms with Crippen LogP contribution >= 0.6 is 11.8 Å². The average molecular weight is 320 g/mol. The number of ether oxygens (including phenoxy) is 1. The quantitative estimate of drug-likeness (QED) is 0.636. The first kappa shape index (κ1) is 15.6. The van der Waals surface area contributed by atoms with Crippen LogP contribution in [0.1, 0.15) is 6.42 Å². The molecule has 2 amide bonds. The molecule has 0 atom stereocenters. The van der Waals surface area contributed by atoms with Crippen LogP contribution < -0.4 is 10.6 Å². The zero-order valence-electron chi connectivity index (χ0n) is 11.2. The van der Waals surface area contributed by atoms with E-state index in [1.165, 1.54) is 18.0 Å². The van der Waals surface area contributed by atoms with Gasteiger partial charge in [-0.1, -0.05) is 12.2 Å². The third kappa shape index (κ3) is 4.13. The van der Waals surface area contributed by atoms with Crippen molar-refractivity contribution in [2.75, 3.05) is 0 Å². The van der Waals surface area contributed by atoms with Gasteiger partial charge in [0.25, 0.3) is 5.91 Å². The molecule has 2 rings (SSSR count). The summed E-state index contributed by atoms with van der Waals surface area (Å²) >= 11 is 1.28. The summed E-state index contributed by atoms with van der Waals surface area (Å²) in [6, 6.07) is 0. The predicted molar refractivity (Wildman–Crippen MR) is 80.1 cm³/mol. The fourth-order valence-electron chi connectivity index (χ4n) is 1.67. The Morgan fingerprint density at radius 2 is 2.23 bits per heavy atom. The van der Waals surface area contributed by atoms with E-state index in [9.17, 15) is 14.4 Å². The Balaban J connectivity index is 2.32. The summed E-state index contributed by atoms with van der Waals surface area (Å²) in [5, 5.41) is 16.3. The zero-order chi connectivity index (χ0) is 15.9. The van der Waals surface area contributed by atoms with Gasteiger partial charge in [-0.15, -0.1) is 11.8 Å². The van der Waals surface area contributed by atoms with Crippen molar-refractivity contribution >= 4 is 29.7 Å². The maximum absolute atomic E-state index is 12.1. The molecular formula is C14H12N2O5S. The standard InChI is InChI=1S/C14H12N2O5S/c17-12-11(16-14(19)20)7-21-13(18)10-4-2-1-3-9(10)8-22-6-5-15-12/h1-2,4-8,16H,3H2,(H,15,17)(H,19,20). The van der Waals surface area contributed by atoms with Crippen LogP contribution in [-0.2, 0) is 14.3 Å². The maximum Gasteiger partial charge on any atom is 0.409 e. The molecule has 3 N–H and O–H groups in total. The first-order valence-electron chi connectivity index (χ1n) is 6.16. The third-order valence-electron chi connectivity index (χ3n) is 2.64. The summed E-state index contributed by atoms with van der Waals surface area (Å²) in [4.78, 5) is 34.5. The number of esters is 1. The molecule has 0 aromatic carbocycles. The number of allylic oxidation sites excluding steroid dienone is 3. The monoisotopic (exact) mass is 320 g/mol. The number of amides is 2. The number of hydrogen-bond acceptors (Lipinski definition) is 5. The Kier molecular flexibility index (Phi) is 5.21. The van der Waals surface area contributed by atoms with Gasteiger partial charge in [-0.3, -0.25) is 10.1 Å². The third-order valence-corrected chi connectivity index (χ3v) is 3.36. The zero-order valence-corrected chi connectivity index (χ0v) is 12.1. The van der Waals surface area contributed by atoms with Gasteiger partial charge in [0.1, 0.15) is 12.0 Å². The van der Waals surface area contributed by atoms with Crippen LogP contribution in [0.3, 0.4) is 0 Å². The van der Waals surface area contributed by atoms with Crippen LogP contribution in [0.4, 0.5) is 4.79 Å². The van der Waals surface area contributed by atoms with Crippen molar-refractivity contribution in [2.24, 2.45) is 0 Å². The lowest BCUT2D eigenvalue weighted by Gasteiger charge is -2.12. The molecular weight excluding hydrogens is 308 g/mol. The summed E-state index contributed by atoms with van der Waals surface area (Å²) in [6.07, 6.45) is 6.52. The summed E-state index contributed by atoms with van der Waals surface area (Å²) in [5.41, 5.74) is 0.735. The van der Waals surface area contributed by atoms with Crippen molar-refractivity contribution in [3.8, 4) is 0 Å². The van der Waals surface area contributed by atoms with Gasteiger partial charge in [0.15, 0.2) is 0 Å². The van der Waals surface area contributed by atoms with Crippen molar-refractivity contribution in [3.63, 3.8) is 0 Å². The van der Waals surface area contributed by atoms with E-state index in [0.717, 1.165) is 11.8 Å². The lowest BCUT2D eigenvalue weighted by Crippen LogP contribution is -2.32. The van der Waals surface area contributed by atoms with Gasteiger partial charge in [-0.25, -0.2) is 9.59 Å². The fourth-order valence-corrected chi connectivity index (χ4v) is 2.28. The molecule has 2 aliphatic rings. The molecule has 114 valence electrons. The number of carbonyl (C=O) groups excluding carboxylic acids is 2. The number of carboxylic acid groups (broad SMARTS) is 1. The highest BCUT2D eigenvalue weighted by Gasteiger charge is 2.18. The first-order valence-corrected chi connectivity index (χ1v) is 7.11. The SMILES string of the molecule is O=C(O)NC1=COC(=O)C2=CC=CCC2=CSC=CNC1=O. The van der Waals surface area contributed by atoms with E-state index in [2.05, 4.69) is 5.32 Å². The highest BCUT2D eigenvalue weighted by atomic mass is 32.2. The van der Waals surface area contributed by atoms with Gasteiger partial charge in [0.2, 0.25) is 0 Å². The van der Waals surface area contributed by atoms with Gasteiger partial charge in [0, 0.05) is 6.20 Å². The molecule has 0 saturated carbocycles. The molecule has 0 fully saturated rings. The minimum Gasteiger partial charge on any atom is -0.465 e. The van der Waals surface area contributed by atoms with Crippen molar-refractivity contribution in [3.05, 3.63) is 58.3 Å². The lowest BCUT2D eigenvalue weighted by molar-refractivity contribution is -0.133. The molecule has 8 heteroatoms. The first-order chi connectivity index (χ1) is 10.6. The topological polar surface area (TPSA) is 105 Å². The second-order valence-electron chi connectivity index (χ2n) is 4.13. The molecule has 1 aliphatic heterocycles. The number of hydrogen-bond donors (Lipinski definition) is 3. The Morgan fingerprint density at radius 1 is 1.41 bits per heavy atom. The fraction of sp³-hybridized carbons (Fsp3) is 0.0714. The predicted octanol–water partition coefficient (Wildman–Crippen LogP) is 1.74.